The van der Waals surface area contributed by atoms with Crippen LogP contribution in [0.3, 0.4) is 0 Å². The van der Waals surface area contributed by atoms with E-state index in [0.29, 0.717) is 12.8 Å². The molecule has 0 saturated carbocycles. The lowest BCUT2D eigenvalue weighted by Gasteiger charge is -2.40. The Balaban J connectivity index is 2.41. The van der Waals surface area contributed by atoms with Gasteiger partial charge >= 0.3 is 11.9 Å². The molecule has 6 atom stereocenters. The lowest BCUT2D eigenvalue weighted by molar-refractivity contribution is -0.297. The number of rotatable bonds is 41. The smallest absolute Gasteiger partial charge is 0.306 e. The second-order valence-electron chi connectivity index (χ2n) is 17.1. The van der Waals surface area contributed by atoms with Crippen LogP contribution < -0.4 is 0 Å². The highest BCUT2D eigenvalue weighted by molar-refractivity contribution is 7.85. The summed E-state index contributed by atoms with van der Waals surface area (Å²) >= 11 is 0. The molecule has 1 aliphatic rings. The first-order valence-electron chi connectivity index (χ1n) is 24.4. The fraction of sp³-hybridized carbons (Fsp3) is 0.875. The number of aliphatic hydroxyl groups is 3. The number of ether oxygens (including phenoxy) is 4. The Kier molecular flexibility index (Phi) is 36.1. The van der Waals surface area contributed by atoms with Crippen molar-refractivity contribution in [2.75, 3.05) is 19.0 Å². The third kappa shape index (κ3) is 33.3. The Bertz CT molecular complexity index is 1220. The molecule has 4 N–H and O–H groups in total. The van der Waals surface area contributed by atoms with Crippen molar-refractivity contribution >= 4 is 22.1 Å². The molecule has 0 aromatic rings. The molecule has 1 rings (SSSR count). The second-order valence-corrected chi connectivity index (χ2v) is 18.6. The van der Waals surface area contributed by atoms with E-state index >= 15 is 0 Å². The molecule has 0 bridgehead atoms. The number of hydrogen-bond acceptors (Lipinski definition) is 11. The monoisotopic (exact) mass is 889 g/mol. The molecule has 358 valence electrons. The van der Waals surface area contributed by atoms with Crippen LogP contribution >= 0.6 is 0 Å². The van der Waals surface area contributed by atoms with Crippen LogP contribution in [0.25, 0.3) is 0 Å². The Hall–Kier alpha value is -1.87. The maximum Gasteiger partial charge on any atom is 0.306 e. The van der Waals surface area contributed by atoms with Gasteiger partial charge in [-0.15, -0.1) is 0 Å². The van der Waals surface area contributed by atoms with E-state index in [9.17, 15) is 37.9 Å². The minimum atomic E-state index is -4.60. The fourth-order valence-corrected chi connectivity index (χ4v) is 8.12. The SMILES string of the molecule is CCCCCCCC/C=C\CCCCCCCC(=O)OCC(COC1OC(CS(=O)(=O)O)C(O)C(O)C1O)OC(=O)CCCCCCCCC/C=C\CCCCCCCCC. The van der Waals surface area contributed by atoms with Gasteiger partial charge in [0.2, 0.25) is 0 Å². The summed E-state index contributed by atoms with van der Waals surface area (Å²) in [7, 11) is -4.60. The quantitative estimate of drug-likeness (QED) is 0.0197. The normalized spacial score (nSPS) is 20.1. The summed E-state index contributed by atoms with van der Waals surface area (Å²) in [4.78, 5) is 25.5. The molecular formula is C48H88O12S. The first-order chi connectivity index (χ1) is 29.5. The molecule has 0 aromatic carbocycles. The largest absolute Gasteiger partial charge is 0.462 e. The first-order valence-corrected chi connectivity index (χ1v) is 26.0. The summed E-state index contributed by atoms with van der Waals surface area (Å²) in [5.74, 6) is -1.99. The topological polar surface area (TPSA) is 186 Å². The Morgan fingerprint density at radius 3 is 1.36 bits per heavy atom. The lowest BCUT2D eigenvalue weighted by Crippen LogP contribution is -2.60. The van der Waals surface area contributed by atoms with Crippen molar-refractivity contribution in [3.63, 3.8) is 0 Å². The number of carbonyl (C=O) groups excluding carboxylic acids is 2. The van der Waals surface area contributed by atoms with Gasteiger partial charge in [-0.25, -0.2) is 0 Å². The van der Waals surface area contributed by atoms with Crippen LogP contribution in [0.5, 0.6) is 0 Å². The predicted octanol–water partition coefficient (Wildman–Crippen LogP) is 10.4. The Morgan fingerprint density at radius 2 is 0.934 bits per heavy atom. The van der Waals surface area contributed by atoms with Gasteiger partial charge in [0.15, 0.2) is 12.4 Å². The van der Waals surface area contributed by atoms with Crippen LogP contribution in [-0.4, -0.2) is 96.0 Å². The molecule has 0 radical (unpaired) electrons. The molecule has 0 aromatic heterocycles. The molecule has 1 aliphatic heterocycles. The summed E-state index contributed by atoms with van der Waals surface area (Å²) in [5, 5.41) is 30.9. The van der Waals surface area contributed by atoms with Gasteiger partial charge in [-0.2, -0.15) is 8.42 Å². The molecular weight excluding hydrogens is 801 g/mol. The van der Waals surface area contributed by atoms with Crippen molar-refractivity contribution in [3.05, 3.63) is 24.3 Å². The van der Waals surface area contributed by atoms with Gasteiger partial charge in [-0.3, -0.25) is 14.1 Å². The predicted molar refractivity (Wildman–Crippen MR) is 243 cm³/mol. The molecule has 0 amide bonds. The summed E-state index contributed by atoms with van der Waals surface area (Å²) < 4.78 is 54.1. The van der Waals surface area contributed by atoms with Crippen molar-refractivity contribution in [1.29, 1.82) is 0 Å². The average Bonchev–Trinajstić information content (AvgIpc) is 3.22. The zero-order chi connectivity index (χ0) is 44.8. The van der Waals surface area contributed by atoms with Crippen LogP contribution in [0.2, 0.25) is 0 Å². The van der Waals surface area contributed by atoms with Crippen molar-refractivity contribution in [1.82, 2.24) is 0 Å². The van der Waals surface area contributed by atoms with Gasteiger partial charge in [-0.05, 0) is 64.2 Å². The molecule has 0 aliphatic carbocycles. The van der Waals surface area contributed by atoms with E-state index in [4.69, 9.17) is 18.9 Å². The Morgan fingerprint density at radius 1 is 0.541 bits per heavy atom. The van der Waals surface area contributed by atoms with E-state index in [1.165, 1.54) is 103 Å². The number of carbonyl (C=O) groups is 2. The molecule has 0 spiro atoms. The van der Waals surface area contributed by atoms with E-state index in [-0.39, 0.29) is 19.4 Å². The average molecular weight is 889 g/mol. The summed E-state index contributed by atoms with van der Waals surface area (Å²) in [5.41, 5.74) is 0. The minimum Gasteiger partial charge on any atom is -0.462 e. The molecule has 1 saturated heterocycles. The maximum atomic E-state index is 12.8. The Labute approximate surface area is 370 Å². The number of aliphatic hydroxyl groups excluding tert-OH is 3. The summed E-state index contributed by atoms with van der Waals surface area (Å²) in [6.07, 6.45) is 33.6. The number of hydrogen-bond donors (Lipinski definition) is 4. The van der Waals surface area contributed by atoms with E-state index in [2.05, 4.69) is 38.2 Å². The van der Waals surface area contributed by atoms with Crippen molar-refractivity contribution in [3.8, 4) is 0 Å². The van der Waals surface area contributed by atoms with E-state index in [0.717, 1.165) is 70.6 Å². The highest BCUT2D eigenvalue weighted by Crippen LogP contribution is 2.24. The maximum absolute atomic E-state index is 12.8. The summed E-state index contributed by atoms with van der Waals surface area (Å²) in [6, 6.07) is 0. The summed E-state index contributed by atoms with van der Waals surface area (Å²) in [6.45, 7) is 3.76. The molecule has 13 heteroatoms. The number of unbranched alkanes of at least 4 members (excludes halogenated alkanes) is 25. The van der Waals surface area contributed by atoms with E-state index < -0.39 is 71.2 Å². The minimum absolute atomic E-state index is 0.160. The van der Waals surface area contributed by atoms with Crippen LogP contribution in [0.4, 0.5) is 0 Å². The van der Waals surface area contributed by atoms with E-state index in [1.54, 1.807) is 0 Å². The molecule has 6 unspecified atom stereocenters. The van der Waals surface area contributed by atoms with Crippen molar-refractivity contribution in [2.45, 2.75) is 250 Å². The highest BCUT2D eigenvalue weighted by atomic mass is 32.2. The third-order valence-corrected chi connectivity index (χ3v) is 12.0. The molecule has 12 nitrogen and oxygen atoms in total. The van der Waals surface area contributed by atoms with Gasteiger partial charge in [0, 0.05) is 12.8 Å². The third-order valence-electron chi connectivity index (χ3n) is 11.3. The first kappa shape index (κ1) is 57.1. The van der Waals surface area contributed by atoms with Crippen LogP contribution in [-0.2, 0) is 38.7 Å². The van der Waals surface area contributed by atoms with E-state index in [1.807, 2.05) is 0 Å². The second kappa shape index (κ2) is 38.6. The lowest BCUT2D eigenvalue weighted by atomic mass is 10.00. The van der Waals surface area contributed by atoms with Crippen LogP contribution in [0.15, 0.2) is 24.3 Å². The number of esters is 2. The van der Waals surface area contributed by atoms with Crippen LogP contribution in [0, 0.1) is 0 Å². The molecule has 1 heterocycles. The highest BCUT2D eigenvalue weighted by Gasteiger charge is 2.46. The van der Waals surface area contributed by atoms with Gasteiger partial charge in [0.05, 0.1) is 6.61 Å². The van der Waals surface area contributed by atoms with Gasteiger partial charge < -0.3 is 34.3 Å². The zero-order valence-electron chi connectivity index (χ0n) is 38.3. The van der Waals surface area contributed by atoms with Gasteiger partial charge in [0.1, 0.15) is 36.8 Å². The van der Waals surface area contributed by atoms with Crippen molar-refractivity contribution < 1.29 is 56.8 Å². The van der Waals surface area contributed by atoms with Crippen molar-refractivity contribution in [2.24, 2.45) is 0 Å². The number of allylic oxidation sites excluding steroid dienone is 4. The van der Waals surface area contributed by atoms with Gasteiger partial charge in [-0.1, -0.05) is 160 Å². The zero-order valence-corrected chi connectivity index (χ0v) is 39.1. The standard InChI is InChI=1S/C48H88O12S/c1-3-5-7-9-11-13-15-17-19-20-21-23-25-27-29-31-33-35-37-44(50)59-41(39-58-48-47(53)46(52)45(51)42(60-48)40-61(54,55)56)38-57-43(49)36-34-32-30-28-26-24-22-18-16-14-12-10-8-6-4-2/h18-20,22,41-42,45-48,51-53H,3-17,21,23-40H2,1-2H3,(H,54,55,56)/b20-19-,22-18-. The molecule has 61 heavy (non-hydrogen) atoms. The van der Waals surface area contributed by atoms with Gasteiger partial charge in [0.25, 0.3) is 10.1 Å². The van der Waals surface area contributed by atoms with Crippen LogP contribution in [0.1, 0.15) is 213 Å². The molecule has 1 fully saturated rings. The fourth-order valence-electron chi connectivity index (χ4n) is 7.43.